The summed E-state index contributed by atoms with van der Waals surface area (Å²) in [5.74, 6) is -1.13. The molecular formula is C19H15N3O4S3. The van der Waals surface area contributed by atoms with Gasteiger partial charge in [-0.1, -0.05) is 6.07 Å². The van der Waals surface area contributed by atoms with Crippen LogP contribution in [0.1, 0.15) is 30.6 Å². The van der Waals surface area contributed by atoms with E-state index in [-0.39, 0.29) is 10.4 Å². The maximum atomic E-state index is 12.2. The van der Waals surface area contributed by atoms with Crippen LogP contribution in [0.5, 0.6) is 0 Å². The first-order chi connectivity index (χ1) is 14.0. The van der Waals surface area contributed by atoms with Gasteiger partial charge >= 0.3 is 11.9 Å². The van der Waals surface area contributed by atoms with Crippen LogP contribution in [0.15, 0.2) is 29.1 Å². The summed E-state index contributed by atoms with van der Waals surface area (Å²) in [5, 5.41) is 17.3. The fourth-order valence-electron chi connectivity index (χ4n) is 2.46. The largest absolute Gasteiger partial charge is 0.465 e. The molecule has 0 unspecified atom stereocenters. The topological polar surface area (TPSA) is 101 Å². The molecule has 1 N–H and O–H groups in total. The lowest BCUT2D eigenvalue weighted by atomic mass is 10.1. The van der Waals surface area contributed by atoms with Crippen molar-refractivity contribution in [1.82, 2.24) is 4.98 Å². The van der Waals surface area contributed by atoms with Gasteiger partial charge in [-0.05, 0) is 23.9 Å². The number of ether oxygens (including phenoxy) is 2. The number of carbonyl (C=O) groups excluding carboxylic acids is 2. The highest BCUT2D eigenvalue weighted by Crippen LogP contribution is 2.35. The monoisotopic (exact) mass is 445 g/mol. The molecule has 0 amide bonds. The standard InChI is InChI=1S/C19H15N3O4S3/c1-10-14(18(23)25-2)17(29-15(10)19(24)26-3)21-8-11(7-20)16-22-12(9-28-16)13-5-4-6-27-13/h4-6,8-9,21H,1-3H3/b11-8-. The number of carbonyl (C=O) groups is 2. The summed E-state index contributed by atoms with van der Waals surface area (Å²) in [6, 6.07) is 6.01. The number of nitriles is 1. The molecular weight excluding hydrogens is 430 g/mol. The normalized spacial score (nSPS) is 11.0. The average molecular weight is 446 g/mol. The molecule has 3 aromatic heterocycles. The van der Waals surface area contributed by atoms with Crippen molar-refractivity contribution >= 4 is 56.5 Å². The van der Waals surface area contributed by atoms with Crippen LogP contribution in [0.2, 0.25) is 0 Å². The van der Waals surface area contributed by atoms with E-state index < -0.39 is 11.9 Å². The Labute approximate surface area is 178 Å². The van der Waals surface area contributed by atoms with Crippen molar-refractivity contribution in [3.05, 3.63) is 50.1 Å². The van der Waals surface area contributed by atoms with E-state index in [1.54, 1.807) is 18.3 Å². The molecule has 0 atom stereocenters. The second-order valence-corrected chi connectivity index (χ2v) is 8.40. The molecule has 0 aliphatic heterocycles. The second-order valence-electron chi connectivity index (χ2n) is 5.57. The number of thiazole rings is 1. The number of aromatic nitrogens is 1. The third-order valence-corrected chi connectivity index (χ3v) is 6.85. The van der Waals surface area contributed by atoms with Crippen LogP contribution in [-0.4, -0.2) is 31.1 Å². The van der Waals surface area contributed by atoms with E-state index in [1.165, 1.54) is 31.8 Å². The van der Waals surface area contributed by atoms with E-state index in [2.05, 4.69) is 16.4 Å². The third kappa shape index (κ3) is 4.22. The minimum Gasteiger partial charge on any atom is -0.465 e. The first-order valence-electron chi connectivity index (χ1n) is 8.16. The molecule has 0 bridgehead atoms. The molecule has 7 nitrogen and oxygen atoms in total. The lowest BCUT2D eigenvalue weighted by molar-refractivity contribution is 0.0601. The predicted octanol–water partition coefficient (Wildman–Crippen LogP) is 4.79. The molecule has 0 saturated carbocycles. The Morgan fingerprint density at radius 1 is 1.24 bits per heavy atom. The summed E-state index contributed by atoms with van der Waals surface area (Å²) < 4.78 is 9.60. The number of allylic oxidation sites excluding steroid dienone is 1. The number of rotatable bonds is 6. The third-order valence-electron chi connectivity index (χ3n) is 3.88. The van der Waals surface area contributed by atoms with Crippen LogP contribution in [0.3, 0.4) is 0 Å². The number of esters is 2. The van der Waals surface area contributed by atoms with Crippen LogP contribution >= 0.6 is 34.0 Å². The molecule has 0 spiro atoms. The van der Waals surface area contributed by atoms with Crippen LogP contribution in [0, 0.1) is 18.3 Å². The van der Waals surface area contributed by atoms with Gasteiger partial charge in [0.2, 0.25) is 0 Å². The highest BCUT2D eigenvalue weighted by molar-refractivity contribution is 7.18. The Kier molecular flexibility index (Phi) is 6.43. The van der Waals surface area contributed by atoms with Gasteiger partial charge in [-0.25, -0.2) is 14.6 Å². The lowest BCUT2D eigenvalue weighted by Crippen LogP contribution is -2.06. The van der Waals surface area contributed by atoms with Crippen molar-refractivity contribution in [1.29, 1.82) is 5.26 Å². The zero-order chi connectivity index (χ0) is 21.0. The minimum atomic E-state index is -0.586. The molecule has 29 heavy (non-hydrogen) atoms. The van der Waals surface area contributed by atoms with Gasteiger partial charge in [0.05, 0.1) is 30.4 Å². The number of nitrogens with one attached hydrogen (secondary N) is 1. The van der Waals surface area contributed by atoms with Crippen molar-refractivity contribution in [2.75, 3.05) is 19.5 Å². The first kappa shape index (κ1) is 20.7. The van der Waals surface area contributed by atoms with Crippen molar-refractivity contribution in [3.63, 3.8) is 0 Å². The Bertz CT molecular complexity index is 1120. The van der Waals surface area contributed by atoms with Crippen LogP contribution in [-0.2, 0) is 9.47 Å². The number of hydrogen-bond acceptors (Lipinski definition) is 10. The van der Waals surface area contributed by atoms with Crippen molar-refractivity contribution in [3.8, 4) is 16.6 Å². The highest BCUT2D eigenvalue weighted by Gasteiger charge is 2.25. The molecule has 3 aromatic rings. The van der Waals surface area contributed by atoms with Gasteiger partial charge in [0.15, 0.2) is 0 Å². The zero-order valence-corrected chi connectivity index (χ0v) is 18.1. The van der Waals surface area contributed by atoms with E-state index in [9.17, 15) is 14.9 Å². The van der Waals surface area contributed by atoms with Gasteiger partial charge in [0.25, 0.3) is 0 Å². The number of methoxy groups -OCH3 is 2. The molecule has 0 aliphatic rings. The average Bonchev–Trinajstić information content (AvgIpc) is 3.47. The molecule has 0 aliphatic carbocycles. The fraction of sp³-hybridized carbons (Fsp3) is 0.158. The Hall–Kier alpha value is -3.00. The number of anilines is 1. The van der Waals surface area contributed by atoms with Crippen LogP contribution in [0.25, 0.3) is 16.1 Å². The molecule has 10 heteroatoms. The van der Waals surface area contributed by atoms with Gasteiger partial charge < -0.3 is 14.8 Å². The van der Waals surface area contributed by atoms with Gasteiger partial charge in [0, 0.05) is 11.6 Å². The van der Waals surface area contributed by atoms with E-state index in [1.807, 2.05) is 22.9 Å². The summed E-state index contributed by atoms with van der Waals surface area (Å²) in [7, 11) is 2.53. The van der Waals surface area contributed by atoms with E-state index >= 15 is 0 Å². The lowest BCUT2D eigenvalue weighted by Gasteiger charge is -2.03. The van der Waals surface area contributed by atoms with Gasteiger partial charge in [-0.15, -0.1) is 34.0 Å². The van der Waals surface area contributed by atoms with Gasteiger partial charge in [-0.3, -0.25) is 0 Å². The molecule has 148 valence electrons. The first-order valence-corrected chi connectivity index (χ1v) is 10.7. The molecule has 0 aromatic carbocycles. The summed E-state index contributed by atoms with van der Waals surface area (Å²) >= 11 is 3.98. The van der Waals surface area contributed by atoms with Crippen molar-refractivity contribution in [2.24, 2.45) is 0 Å². The summed E-state index contributed by atoms with van der Waals surface area (Å²) in [6.45, 7) is 1.64. The molecule has 0 saturated heterocycles. The maximum Gasteiger partial charge on any atom is 0.348 e. The van der Waals surface area contributed by atoms with Gasteiger partial charge in [0.1, 0.15) is 26.5 Å². The molecule has 0 fully saturated rings. The minimum absolute atomic E-state index is 0.227. The van der Waals surface area contributed by atoms with E-state index in [4.69, 9.17) is 9.47 Å². The van der Waals surface area contributed by atoms with Crippen LogP contribution in [0.4, 0.5) is 5.00 Å². The number of hydrogen-bond donors (Lipinski definition) is 1. The van der Waals surface area contributed by atoms with Crippen LogP contribution < -0.4 is 5.32 Å². The summed E-state index contributed by atoms with van der Waals surface area (Å²) in [6.07, 6.45) is 1.47. The van der Waals surface area contributed by atoms with Gasteiger partial charge in [-0.2, -0.15) is 5.26 Å². The SMILES string of the molecule is COC(=O)c1sc(N/C=C(/C#N)c2nc(-c3cccs3)cs2)c(C(=O)OC)c1C. The summed E-state index contributed by atoms with van der Waals surface area (Å²) in [5.41, 5.74) is 1.79. The fourth-order valence-corrected chi connectivity index (χ4v) is 5.09. The molecule has 0 radical (unpaired) electrons. The summed E-state index contributed by atoms with van der Waals surface area (Å²) in [4.78, 5) is 30.0. The maximum absolute atomic E-state index is 12.2. The molecule has 3 heterocycles. The van der Waals surface area contributed by atoms with E-state index in [0.717, 1.165) is 21.9 Å². The Balaban J connectivity index is 1.94. The number of nitrogens with zero attached hydrogens (tertiary/aromatic N) is 2. The zero-order valence-electron chi connectivity index (χ0n) is 15.6. The smallest absolute Gasteiger partial charge is 0.348 e. The quantitative estimate of drug-likeness (QED) is 0.430. The van der Waals surface area contributed by atoms with Crippen molar-refractivity contribution < 1.29 is 19.1 Å². The second kappa shape index (κ2) is 9.00. The highest BCUT2D eigenvalue weighted by atomic mass is 32.1. The molecule has 3 rings (SSSR count). The Morgan fingerprint density at radius 2 is 2.00 bits per heavy atom. The van der Waals surface area contributed by atoms with E-state index in [0.29, 0.717) is 21.1 Å². The number of thiophene rings is 2. The Morgan fingerprint density at radius 3 is 2.62 bits per heavy atom. The predicted molar refractivity (Wildman–Crippen MR) is 114 cm³/mol. The van der Waals surface area contributed by atoms with Crippen molar-refractivity contribution in [2.45, 2.75) is 6.92 Å².